The van der Waals surface area contributed by atoms with Gasteiger partial charge in [0.25, 0.3) is 0 Å². The fourth-order valence-corrected chi connectivity index (χ4v) is 3.37. The Bertz CT molecular complexity index is 746. The van der Waals surface area contributed by atoms with Crippen LogP contribution in [0.15, 0.2) is 47.1 Å². The molecule has 1 aromatic carbocycles. The minimum absolute atomic E-state index is 0.00846. The fraction of sp³-hybridized carbons (Fsp3) is 0.400. The summed E-state index contributed by atoms with van der Waals surface area (Å²) in [6, 6.07) is 10.6. The highest BCUT2D eigenvalue weighted by Gasteiger charge is 2.24. The van der Waals surface area contributed by atoms with Gasteiger partial charge < -0.3 is 20.0 Å². The molecule has 0 unspecified atom stereocenters. The number of carbonyl (C=O) groups excluding carboxylic acids is 2. The number of anilines is 1. The van der Waals surface area contributed by atoms with E-state index in [1.807, 2.05) is 11.0 Å². The van der Waals surface area contributed by atoms with Gasteiger partial charge in [-0.2, -0.15) is 0 Å². The molecule has 0 saturated carbocycles. The summed E-state index contributed by atoms with van der Waals surface area (Å²) < 4.78 is 5.20. The molecular formula is C20H24ClN3O3. The van der Waals surface area contributed by atoms with Crippen molar-refractivity contribution >= 4 is 29.2 Å². The molecule has 0 bridgehead atoms. The molecule has 0 radical (unpaired) electrons. The molecule has 6 nitrogen and oxygen atoms in total. The summed E-state index contributed by atoms with van der Waals surface area (Å²) in [5, 5.41) is 6.39. The maximum absolute atomic E-state index is 12.5. The van der Waals surface area contributed by atoms with Crippen molar-refractivity contribution < 1.29 is 14.0 Å². The number of nitrogens with zero attached hydrogens (tertiary/aromatic N) is 1. The Morgan fingerprint density at radius 1 is 1.22 bits per heavy atom. The predicted molar refractivity (Wildman–Crippen MR) is 105 cm³/mol. The zero-order valence-corrected chi connectivity index (χ0v) is 15.9. The quantitative estimate of drug-likeness (QED) is 0.774. The topological polar surface area (TPSA) is 74.6 Å². The number of hydrogen-bond acceptors (Lipinski definition) is 3. The van der Waals surface area contributed by atoms with Crippen molar-refractivity contribution in [2.75, 3.05) is 18.4 Å². The van der Waals surface area contributed by atoms with E-state index in [4.69, 9.17) is 16.0 Å². The van der Waals surface area contributed by atoms with E-state index >= 15 is 0 Å². The van der Waals surface area contributed by atoms with Gasteiger partial charge in [0.15, 0.2) is 0 Å². The van der Waals surface area contributed by atoms with E-state index < -0.39 is 0 Å². The number of likely N-dealkylation sites (tertiary alicyclic amines) is 1. The number of furan rings is 1. The summed E-state index contributed by atoms with van der Waals surface area (Å²) in [5.41, 5.74) is 0.726. The van der Waals surface area contributed by atoms with Crippen LogP contribution in [0, 0.1) is 5.92 Å². The number of nitrogens with one attached hydrogen (secondary N) is 2. The Hall–Kier alpha value is -2.47. The van der Waals surface area contributed by atoms with Crippen LogP contribution in [0.4, 0.5) is 10.5 Å². The highest BCUT2D eigenvalue weighted by Crippen LogP contribution is 2.22. The third kappa shape index (κ3) is 6.03. The van der Waals surface area contributed by atoms with Crippen LogP contribution in [-0.2, 0) is 11.3 Å². The van der Waals surface area contributed by atoms with E-state index in [1.54, 1.807) is 36.6 Å². The van der Waals surface area contributed by atoms with Crippen molar-refractivity contribution in [2.24, 2.45) is 5.92 Å². The van der Waals surface area contributed by atoms with Crippen molar-refractivity contribution in [3.63, 3.8) is 0 Å². The van der Waals surface area contributed by atoms with Crippen LogP contribution in [0.3, 0.4) is 0 Å². The second kappa shape index (κ2) is 9.46. The van der Waals surface area contributed by atoms with Gasteiger partial charge in [0.2, 0.25) is 5.91 Å². The monoisotopic (exact) mass is 389 g/mol. The number of urea groups is 1. The highest BCUT2D eigenvalue weighted by atomic mass is 35.5. The van der Waals surface area contributed by atoms with Crippen molar-refractivity contribution in [1.29, 1.82) is 0 Å². The minimum atomic E-state index is -0.107. The van der Waals surface area contributed by atoms with E-state index in [-0.39, 0.29) is 11.9 Å². The van der Waals surface area contributed by atoms with Gasteiger partial charge in [0.05, 0.1) is 12.8 Å². The molecule has 2 aromatic rings. The summed E-state index contributed by atoms with van der Waals surface area (Å²) in [4.78, 5) is 26.3. The number of carbonyl (C=O) groups is 2. The predicted octanol–water partition coefficient (Wildman–Crippen LogP) is 4.27. The van der Waals surface area contributed by atoms with Gasteiger partial charge in [-0.1, -0.05) is 11.6 Å². The molecule has 2 N–H and O–H groups in total. The lowest BCUT2D eigenvalue weighted by molar-refractivity contribution is -0.121. The van der Waals surface area contributed by atoms with Crippen LogP contribution in [0.25, 0.3) is 0 Å². The third-order valence-corrected chi connectivity index (χ3v) is 4.97. The molecule has 1 fully saturated rings. The maximum Gasteiger partial charge on any atom is 0.321 e. The Morgan fingerprint density at radius 2 is 2.04 bits per heavy atom. The lowest BCUT2D eigenvalue weighted by Crippen LogP contribution is -2.42. The van der Waals surface area contributed by atoms with Gasteiger partial charge in [0.1, 0.15) is 5.76 Å². The highest BCUT2D eigenvalue weighted by molar-refractivity contribution is 6.30. The smallest absolute Gasteiger partial charge is 0.321 e. The molecule has 7 heteroatoms. The third-order valence-electron chi connectivity index (χ3n) is 4.72. The van der Waals surface area contributed by atoms with E-state index in [1.165, 1.54) is 0 Å². The molecule has 2 heterocycles. The van der Waals surface area contributed by atoms with Gasteiger partial charge in [-0.25, -0.2) is 4.79 Å². The van der Waals surface area contributed by atoms with E-state index in [0.717, 1.165) is 37.3 Å². The first-order chi connectivity index (χ1) is 13.1. The molecular weight excluding hydrogens is 366 g/mol. The van der Waals surface area contributed by atoms with Gasteiger partial charge in [-0.05, 0) is 61.6 Å². The summed E-state index contributed by atoms with van der Waals surface area (Å²) >= 11 is 5.87. The molecule has 1 aromatic heterocycles. The molecule has 27 heavy (non-hydrogen) atoms. The molecule has 0 aliphatic carbocycles. The average molecular weight is 390 g/mol. The Balaban J connectivity index is 1.41. The lowest BCUT2D eigenvalue weighted by Gasteiger charge is -2.32. The molecule has 3 amide bonds. The number of benzene rings is 1. The van der Waals surface area contributed by atoms with Crippen molar-refractivity contribution in [3.05, 3.63) is 53.4 Å². The van der Waals surface area contributed by atoms with Gasteiger partial charge in [0, 0.05) is 30.2 Å². The Morgan fingerprint density at radius 3 is 2.78 bits per heavy atom. The van der Waals surface area contributed by atoms with E-state index in [2.05, 4.69) is 10.6 Å². The minimum Gasteiger partial charge on any atom is -0.467 e. The van der Waals surface area contributed by atoms with Gasteiger partial charge in [-0.3, -0.25) is 4.79 Å². The Kier molecular flexibility index (Phi) is 6.76. The zero-order chi connectivity index (χ0) is 19.1. The van der Waals surface area contributed by atoms with Crippen LogP contribution in [0.2, 0.25) is 5.02 Å². The van der Waals surface area contributed by atoms with Crippen LogP contribution in [0.1, 0.15) is 31.4 Å². The fourth-order valence-electron chi connectivity index (χ4n) is 3.24. The second-order valence-corrected chi connectivity index (χ2v) is 7.22. The van der Waals surface area contributed by atoms with Crippen molar-refractivity contribution in [1.82, 2.24) is 10.2 Å². The molecule has 0 spiro atoms. The van der Waals surface area contributed by atoms with Crippen LogP contribution >= 0.6 is 11.6 Å². The SMILES string of the molecule is O=C(CC[C@H]1CCCN(C(=O)Nc2ccc(Cl)cc2)C1)NCc1ccco1. The van der Waals surface area contributed by atoms with Crippen molar-refractivity contribution in [3.8, 4) is 0 Å². The zero-order valence-electron chi connectivity index (χ0n) is 15.1. The number of halogens is 1. The Labute approximate surface area is 163 Å². The summed E-state index contributed by atoms with van der Waals surface area (Å²) in [6.45, 7) is 1.82. The van der Waals surface area contributed by atoms with Crippen LogP contribution in [0.5, 0.6) is 0 Å². The van der Waals surface area contributed by atoms with Crippen LogP contribution in [-0.4, -0.2) is 29.9 Å². The number of amides is 3. The number of hydrogen-bond donors (Lipinski definition) is 2. The second-order valence-electron chi connectivity index (χ2n) is 6.79. The van der Waals surface area contributed by atoms with Gasteiger partial charge >= 0.3 is 6.03 Å². The molecule has 144 valence electrons. The van der Waals surface area contributed by atoms with Gasteiger partial charge in [-0.15, -0.1) is 0 Å². The largest absolute Gasteiger partial charge is 0.467 e. The summed E-state index contributed by atoms with van der Waals surface area (Å²) in [5.74, 6) is 1.09. The molecule has 3 rings (SSSR count). The van der Waals surface area contributed by atoms with E-state index in [9.17, 15) is 9.59 Å². The number of piperidine rings is 1. The molecule has 1 saturated heterocycles. The molecule has 1 aliphatic rings. The summed E-state index contributed by atoms with van der Waals surface area (Å²) in [7, 11) is 0. The van der Waals surface area contributed by atoms with Crippen molar-refractivity contribution in [2.45, 2.75) is 32.2 Å². The lowest BCUT2D eigenvalue weighted by atomic mass is 9.93. The molecule has 1 aliphatic heterocycles. The standard InChI is InChI=1S/C20H24ClN3O3/c21-16-6-8-17(9-7-16)23-20(26)24-11-1-3-15(14-24)5-10-19(25)22-13-18-4-2-12-27-18/h2,4,6-9,12,15H,1,3,5,10-11,13-14H2,(H,22,25)(H,23,26)/t15-/m1/s1. The van der Waals surface area contributed by atoms with E-state index in [0.29, 0.717) is 30.5 Å². The average Bonchev–Trinajstić information content (AvgIpc) is 3.20. The number of rotatable bonds is 6. The first-order valence-corrected chi connectivity index (χ1v) is 9.58. The van der Waals surface area contributed by atoms with Crippen LogP contribution < -0.4 is 10.6 Å². The first-order valence-electron chi connectivity index (χ1n) is 9.21. The first kappa shape index (κ1) is 19.3. The summed E-state index contributed by atoms with van der Waals surface area (Å²) in [6.07, 6.45) is 4.81. The molecule has 1 atom stereocenters. The maximum atomic E-state index is 12.5. The normalized spacial score (nSPS) is 16.8.